The van der Waals surface area contributed by atoms with E-state index in [0.717, 1.165) is 17.9 Å². The normalized spacial score (nSPS) is 15.2. The number of rotatable bonds is 1. The standard InChI is InChI=1S/C11H13FN2OS/c1-8-2-3-9(12)6-10(8)13-11(15)14-4-5-16-7-14/h2-3,6H,4-5,7H2,1H3,(H,13,15). The number of thioether (sulfide) groups is 1. The van der Waals surface area contributed by atoms with Crippen LogP contribution >= 0.6 is 11.8 Å². The van der Waals surface area contributed by atoms with E-state index in [1.165, 1.54) is 12.1 Å². The second-order valence-corrected chi connectivity index (χ2v) is 4.76. The highest BCUT2D eigenvalue weighted by atomic mass is 32.2. The van der Waals surface area contributed by atoms with E-state index < -0.39 is 0 Å². The van der Waals surface area contributed by atoms with Gasteiger partial charge in [0, 0.05) is 18.0 Å². The Kier molecular flexibility index (Phi) is 3.33. The molecule has 0 saturated carbocycles. The maximum Gasteiger partial charge on any atom is 0.322 e. The van der Waals surface area contributed by atoms with Crippen LogP contribution in [0.3, 0.4) is 0 Å². The lowest BCUT2D eigenvalue weighted by molar-refractivity contribution is 0.225. The van der Waals surface area contributed by atoms with Gasteiger partial charge in [-0.3, -0.25) is 0 Å². The van der Waals surface area contributed by atoms with Gasteiger partial charge in [-0.2, -0.15) is 0 Å². The molecule has 1 aromatic carbocycles. The summed E-state index contributed by atoms with van der Waals surface area (Å²) in [6.07, 6.45) is 0. The van der Waals surface area contributed by atoms with Gasteiger partial charge in [0.25, 0.3) is 0 Å². The highest BCUT2D eigenvalue weighted by Crippen LogP contribution is 2.19. The summed E-state index contributed by atoms with van der Waals surface area (Å²) in [5.41, 5.74) is 1.41. The van der Waals surface area contributed by atoms with E-state index in [0.29, 0.717) is 11.6 Å². The van der Waals surface area contributed by atoms with Gasteiger partial charge in [0.2, 0.25) is 0 Å². The van der Waals surface area contributed by atoms with Crippen molar-refractivity contribution in [2.45, 2.75) is 6.92 Å². The van der Waals surface area contributed by atoms with Crippen molar-refractivity contribution in [1.29, 1.82) is 0 Å². The van der Waals surface area contributed by atoms with Crippen molar-refractivity contribution >= 4 is 23.5 Å². The molecule has 0 unspecified atom stereocenters. The number of aryl methyl sites for hydroxylation is 1. The number of anilines is 1. The summed E-state index contributed by atoms with van der Waals surface area (Å²) in [4.78, 5) is 13.5. The Hall–Kier alpha value is -1.23. The van der Waals surface area contributed by atoms with E-state index >= 15 is 0 Å². The minimum atomic E-state index is -0.336. The van der Waals surface area contributed by atoms with Crippen molar-refractivity contribution in [2.75, 3.05) is 23.5 Å². The first-order valence-electron chi connectivity index (χ1n) is 5.06. The number of amides is 2. The molecule has 0 bridgehead atoms. The Labute approximate surface area is 98.0 Å². The Morgan fingerprint density at radius 1 is 1.56 bits per heavy atom. The molecular weight excluding hydrogens is 227 g/mol. The van der Waals surface area contributed by atoms with Crippen LogP contribution in [-0.4, -0.2) is 29.1 Å². The predicted octanol–water partition coefficient (Wildman–Crippen LogP) is 2.67. The van der Waals surface area contributed by atoms with Gasteiger partial charge in [-0.05, 0) is 24.6 Å². The Bertz CT molecular complexity index is 405. The summed E-state index contributed by atoms with van der Waals surface area (Å²) < 4.78 is 13.0. The molecule has 1 saturated heterocycles. The van der Waals surface area contributed by atoms with Crippen LogP contribution in [-0.2, 0) is 0 Å². The molecule has 1 heterocycles. The molecule has 86 valence electrons. The van der Waals surface area contributed by atoms with E-state index in [4.69, 9.17) is 0 Å². The van der Waals surface area contributed by atoms with Gasteiger partial charge in [0.1, 0.15) is 5.82 Å². The summed E-state index contributed by atoms with van der Waals surface area (Å²) >= 11 is 1.72. The Morgan fingerprint density at radius 2 is 2.38 bits per heavy atom. The zero-order chi connectivity index (χ0) is 11.5. The fourth-order valence-electron chi connectivity index (χ4n) is 1.50. The molecule has 1 fully saturated rings. The molecular formula is C11H13FN2OS. The highest BCUT2D eigenvalue weighted by molar-refractivity contribution is 7.99. The van der Waals surface area contributed by atoms with Crippen LogP contribution in [0.5, 0.6) is 0 Å². The molecule has 0 spiro atoms. The van der Waals surface area contributed by atoms with Gasteiger partial charge < -0.3 is 10.2 Å². The second kappa shape index (κ2) is 4.74. The fourth-order valence-corrected chi connectivity index (χ4v) is 2.44. The Balaban J connectivity index is 2.07. The molecule has 0 aliphatic carbocycles. The molecule has 3 nitrogen and oxygen atoms in total. The van der Waals surface area contributed by atoms with Gasteiger partial charge in [-0.25, -0.2) is 9.18 Å². The summed E-state index contributed by atoms with van der Waals surface area (Å²) in [5, 5.41) is 2.73. The van der Waals surface area contributed by atoms with Crippen LogP contribution in [0, 0.1) is 12.7 Å². The largest absolute Gasteiger partial charge is 0.322 e. The van der Waals surface area contributed by atoms with Crippen molar-refractivity contribution in [1.82, 2.24) is 4.90 Å². The minimum absolute atomic E-state index is 0.154. The molecule has 1 aliphatic rings. The van der Waals surface area contributed by atoms with E-state index in [1.54, 1.807) is 22.7 Å². The average Bonchev–Trinajstić information content (AvgIpc) is 2.76. The van der Waals surface area contributed by atoms with Gasteiger partial charge in [0.05, 0.1) is 5.88 Å². The van der Waals surface area contributed by atoms with Crippen LogP contribution in [0.4, 0.5) is 14.9 Å². The number of hydrogen-bond donors (Lipinski definition) is 1. The molecule has 2 amide bonds. The zero-order valence-electron chi connectivity index (χ0n) is 9.00. The van der Waals surface area contributed by atoms with E-state index in [-0.39, 0.29) is 11.8 Å². The summed E-state index contributed by atoms with van der Waals surface area (Å²) in [6, 6.07) is 4.23. The average molecular weight is 240 g/mol. The summed E-state index contributed by atoms with van der Waals surface area (Å²) in [5.74, 6) is 1.34. The van der Waals surface area contributed by atoms with Crippen molar-refractivity contribution in [3.63, 3.8) is 0 Å². The smallest absolute Gasteiger partial charge is 0.314 e. The topological polar surface area (TPSA) is 32.3 Å². The van der Waals surface area contributed by atoms with E-state index in [1.807, 2.05) is 6.92 Å². The SMILES string of the molecule is Cc1ccc(F)cc1NC(=O)N1CCSC1. The molecule has 0 atom stereocenters. The summed E-state index contributed by atoms with van der Waals surface area (Å²) in [6.45, 7) is 2.60. The Morgan fingerprint density at radius 3 is 3.06 bits per heavy atom. The first-order chi connectivity index (χ1) is 7.66. The molecule has 0 aromatic heterocycles. The van der Waals surface area contributed by atoms with Crippen molar-refractivity contribution in [3.05, 3.63) is 29.6 Å². The molecule has 2 rings (SSSR count). The van der Waals surface area contributed by atoms with E-state index in [9.17, 15) is 9.18 Å². The van der Waals surface area contributed by atoms with Gasteiger partial charge in [-0.15, -0.1) is 11.8 Å². The highest BCUT2D eigenvalue weighted by Gasteiger charge is 2.18. The third kappa shape index (κ3) is 2.47. The number of benzene rings is 1. The van der Waals surface area contributed by atoms with Gasteiger partial charge >= 0.3 is 6.03 Å². The molecule has 5 heteroatoms. The maximum atomic E-state index is 13.0. The third-order valence-electron chi connectivity index (χ3n) is 2.48. The minimum Gasteiger partial charge on any atom is -0.314 e. The van der Waals surface area contributed by atoms with Crippen molar-refractivity contribution in [3.8, 4) is 0 Å². The number of carbonyl (C=O) groups excluding carboxylic acids is 1. The number of halogens is 1. The lowest BCUT2D eigenvalue weighted by Crippen LogP contribution is -2.32. The quantitative estimate of drug-likeness (QED) is 0.818. The molecule has 1 aliphatic heterocycles. The fraction of sp³-hybridized carbons (Fsp3) is 0.364. The van der Waals surface area contributed by atoms with Gasteiger partial charge in [0.15, 0.2) is 0 Å². The second-order valence-electron chi connectivity index (χ2n) is 3.69. The number of nitrogens with one attached hydrogen (secondary N) is 1. The van der Waals surface area contributed by atoms with Crippen LogP contribution in [0.2, 0.25) is 0 Å². The molecule has 0 radical (unpaired) electrons. The molecule has 1 N–H and O–H groups in total. The van der Waals surface area contributed by atoms with Gasteiger partial charge in [-0.1, -0.05) is 6.07 Å². The van der Waals surface area contributed by atoms with Crippen LogP contribution in [0.25, 0.3) is 0 Å². The van der Waals surface area contributed by atoms with Crippen LogP contribution in [0.15, 0.2) is 18.2 Å². The summed E-state index contributed by atoms with van der Waals surface area (Å²) in [7, 11) is 0. The van der Waals surface area contributed by atoms with Crippen LogP contribution < -0.4 is 5.32 Å². The lowest BCUT2D eigenvalue weighted by atomic mass is 10.2. The predicted molar refractivity (Wildman–Crippen MR) is 64.2 cm³/mol. The molecule has 16 heavy (non-hydrogen) atoms. The number of carbonyl (C=O) groups is 1. The number of hydrogen-bond acceptors (Lipinski definition) is 2. The number of urea groups is 1. The first kappa shape index (κ1) is 11.3. The lowest BCUT2D eigenvalue weighted by Gasteiger charge is -2.16. The monoisotopic (exact) mass is 240 g/mol. The first-order valence-corrected chi connectivity index (χ1v) is 6.22. The third-order valence-corrected chi connectivity index (χ3v) is 3.45. The molecule has 1 aromatic rings. The zero-order valence-corrected chi connectivity index (χ0v) is 9.81. The van der Waals surface area contributed by atoms with Crippen molar-refractivity contribution in [2.24, 2.45) is 0 Å². The number of nitrogens with zero attached hydrogens (tertiary/aromatic N) is 1. The van der Waals surface area contributed by atoms with Crippen molar-refractivity contribution < 1.29 is 9.18 Å². The van der Waals surface area contributed by atoms with E-state index in [2.05, 4.69) is 5.32 Å². The maximum absolute atomic E-state index is 13.0. The van der Waals surface area contributed by atoms with Crippen LogP contribution in [0.1, 0.15) is 5.56 Å².